The summed E-state index contributed by atoms with van der Waals surface area (Å²) in [5.41, 5.74) is 2.16. The van der Waals surface area contributed by atoms with Gasteiger partial charge in [-0.15, -0.1) is 22.7 Å². The number of hydrogen-bond donors (Lipinski definition) is 1. The maximum atomic E-state index is 13.8. The third kappa shape index (κ3) is 4.36. The van der Waals surface area contributed by atoms with Crippen molar-refractivity contribution in [3.8, 4) is 9.88 Å². The first-order chi connectivity index (χ1) is 13.2. The number of thiazole rings is 1. The summed E-state index contributed by atoms with van der Waals surface area (Å²) < 4.78 is 13.8. The lowest BCUT2D eigenvalue weighted by molar-refractivity contribution is -0.115. The van der Waals surface area contributed by atoms with E-state index >= 15 is 0 Å². The predicted octanol–water partition coefficient (Wildman–Crippen LogP) is 5.18. The molecule has 1 amide bonds. The minimum Gasteiger partial charge on any atom is -0.370 e. The summed E-state index contributed by atoms with van der Waals surface area (Å²) in [6, 6.07) is 8.62. The van der Waals surface area contributed by atoms with Crippen LogP contribution in [0.1, 0.15) is 25.0 Å². The van der Waals surface area contributed by atoms with Gasteiger partial charge >= 0.3 is 0 Å². The highest BCUT2D eigenvalue weighted by molar-refractivity contribution is 7.20. The van der Waals surface area contributed by atoms with Crippen molar-refractivity contribution in [2.75, 3.05) is 23.3 Å². The molecule has 1 fully saturated rings. The summed E-state index contributed by atoms with van der Waals surface area (Å²) in [5, 5.41) is 7.73. The third-order valence-electron chi connectivity index (χ3n) is 4.55. The number of nitrogens with one attached hydrogen (secondary N) is 1. The summed E-state index contributed by atoms with van der Waals surface area (Å²) in [6.07, 6.45) is 3.64. The van der Waals surface area contributed by atoms with E-state index in [1.807, 2.05) is 22.9 Å². The molecular formula is C20H20FN3OS2. The van der Waals surface area contributed by atoms with Crippen molar-refractivity contribution in [3.63, 3.8) is 0 Å². The predicted molar refractivity (Wildman–Crippen MR) is 110 cm³/mol. The van der Waals surface area contributed by atoms with Crippen LogP contribution < -0.4 is 10.2 Å². The van der Waals surface area contributed by atoms with E-state index in [4.69, 9.17) is 0 Å². The maximum Gasteiger partial charge on any atom is 0.230 e. The molecule has 4 rings (SSSR count). The first-order valence-electron chi connectivity index (χ1n) is 9.02. The fourth-order valence-corrected chi connectivity index (χ4v) is 4.91. The maximum absolute atomic E-state index is 13.8. The van der Waals surface area contributed by atoms with Crippen LogP contribution in [0.3, 0.4) is 0 Å². The highest BCUT2D eigenvalue weighted by Gasteiger charge is 2.17. The van der Waals surface area contributed by atoms with Crippen LogP contribution in [0.2, 0.25) is 0 Å². The van der Waals surface area contributed by atoms with Crippen LogP contribution in [0.5, 0.6) is 0 Å². The Morgan fingerprint density at radius 1 is 1.19 bits per heavy atom. The van der Waals surface area contributed by atoms with E-state index in [0.29, 0.717) is 5.69 Å². The molecule has 0 aliphatic carbocycles. The summed E-state index contributed by atoms with van der Waals surface area (Å²) in [7, 11) is 0. The van der Waals surface area contributed by atoms with Gasteiger partial charge in [0.15, 0.2) is 0 Å². The second-order valence-corrected chi connectivity index (χ2v) is 8.36. The molecular weight excluding hydrogens is 381 g/mol. The Morgan fingerprint density at radius 3 is 2.81 bits per heavy atom. The topological polar surface area (TPSA) is 45.2 Å². The van der Waals surface area contributed by atoms with Crippen LogP contribution in [0.4, 0.5) is 15.8 Å². The standard InChI is InChI=1S/C20H20FN3OS2/c21-14-6-7-17(24-8-2-1-3-9-24)16(11-14)23-19(25)12-15-13-27-20(22-15)18-5-4-10-26-18/h4-7,10-11,13H,1-3,8-9,12H2,(H,23,25). The lowest BCUT2D eigenvalue weighted by atomic mass is 10.1. The first-order valence-corrected chi connectivity index (χ1v) is 10.8. The van der Waals surface area contributed by atoms with Crippen molar-refractivity contribution >= 4 is 40.0 Å². The molecule has 1 aliphatic heterocycles. The van der Waals surface area contributed by atoms with Crippen molar-refractivity contribution in [2.24, 2.45) is 0 Å². The van der Waals surface area contributed by atoms with Crippen molar-refractivity contribution in [3.05, 3.63) is 52.6 Å². The number of hydrogen-bond acceptors (Lipinski definition) is 5. The number of amides is 1. The number of nitrogens with zero attached hydrogens (tertiary/aromatic N) is 2. The average molecular weight is 402 g/mol. The van der Waals surface area contributed by atoms with E-state index < -0.39 is 0 Å². The van der Waals surface area contributed by atoms with Gasteiger partial charge in [0, 0.05) is 18.5 Å². The van der Waals surface area contributed by atoms with Gasteiger partial charge in [-0.25, -0.2) is 9.37 Å². The van der Waals surface area contributed by atoms with Crippen LogP contribution in [0.25, 0.3) is 9.88 Å². The Balaban J connectivity index is 1.47. The van der Waals surface area contributed by atoms with Crippen molar-refractivity contribution in [1.29, 1.82) is 0 Å². The molecule has 4 nitrogen and oxygen atoms in total. The smallest absolute Gasteiger partial charge is 0.230 e. The molecule has 1 saturated heterocycles. The van der Waals surface area contributed by atoms with Gasteiger partial charge in [0.25, 0.3) is 0 Å². The summed E-state index contributed by atoms with van der Waals surface area (Å²) in [6.45, 7) is 1.87. The Bertz CT molecular complexity index is 917. The number of aromatic nitrogens is 1. The summed E-state index contributed by atoms with van der Waals surface area (Å²) >= 11 is 3.17. The van der Waals surface area contributed by atoms with E-state index in [-0.39, 0.29) is 18.1 Å². The zero-order chi connectivity index (χ0) is 18.6. The molecule has 7 heteroatoms. The highest BCUT2D eigenvalue weighted by Crippen LogP contribution is 2.30. The Kier molecular flexibility index (Phi) is 5.50. The number of anilines is 2. The average Bonchev–Trinajstić information content (AvgIpc) is 3.34. The number of halogens is 1. The summed E-state index contributed by atoms with van der Waals surface area (Å²) in [4.78, 5) is 20.4. The summed E-state index contributed by atoms with van der Waals surface area (Å²) in [5.74, 6) is -0.526. The zero-order valence-corrected chi connectivity index (χ0v) is 16.4. The molecule has 0 radical (unpaired) electrons. The van der Waals surface area contributed by atoms with Gasteiger partial charge in [-0.2, -0.15) is 0 Å². The van der Waals surface area contributed by atoms with Gasteiger partial charge in [0.1, 0.15) is 10.8 Å². The Hall–Kier alpha value is -2.25. The Labute approximate surface area is 165 Å². The van der Waals surface area contributed by atoms with Gasteiger partial charge in [0.05, 0.1) is 28.4 Å². The molecule has 3 heterocycles. The molecule has 0 atom stereocenters. The normalized spacial score (nSPS) is 14.3. The van der Waals surface area contributed by atoms with Crippen LogP contribution in [0, 0.1) is 5.82 Å². The molecule has 140 valence electrons. The van der Waals surface area contributed by atoms with Gasteiger partial charge in [0.2, 0.25) is 5.91 Å². The van der Waals surface area contributed by atoms with Crippen LogP contribution in [-0.2, 0) is 11.2 Å². The Morgan fingerprint density at radius 2 is 2.04 bits per heavy atom. The number of rotatable bonds is 5. The molecule has 27 heavy (non-hydrogen) atoms. The van der Waals surface area contributed by atoms with Crippen LogP contribution >= 0.6 is 22.7 Å². The van der Waals surface area contributed by atoms with Crippen LogP contribution in [0.15, 0.2) is 41.1 Å². The second-order valence-electron chi connectivity index (χ2n) is 6.56. The van der Waals surface area contributed by atoms with Gasteiger partial charge < -0.3 is 10.2 Å². The fourth-order valence-electron chi connectivity index (χ4n) is 3.28. The van der Waals surface area contributed by atoms with Crippen molar-refractivity contribution < 1.29 is 9.18 Å². The number of thiophene rings is 1. The van der Waals surface area contributed by atoms with Crippen molar-refractivity contribution in [2.45, 2.75) is 25.7 Å². The molecule has 3 aromatic rings. The monoisotopic (exact) mass is 401 g/mol. The van der Waals surface area contributed by atoms with Gasteiger partial charge in [-0.05, 0) is 48.9 Å². The molecule has 2 aromatic heterocycles. The molecule has 1 aliphatic rings. The van der Waals surface area contributed by atoms with E-state index in [0.717, 1.165) is 47.2 Å². The lowest BCUT2D eigenvalue weighted by Gasteiger charge is -2.30. The van der Waals surface area contributed by atoms with Gasteiger partial charge in [-0.1, -0.05) is 6.07 Å². The largest absolute Gasteiger partial charge is 0.370 e. The molecule has 0 saturated carbocycles. The SMILES string of the molecule is O=C(Cc1csc(-c2cccs2)n1)Nc1cc(F)ccc1N1CCCCC1. The molecule has 1 aromatic carbocycles. The van der Waals surface area contributed by atoms with Crippen molar-refractivity contribution in [1.82, 2.24) is 4.98 Å². The highest BCUT2D eigenvalue weighted by atomic mass is 32.1. The molecule has 0 spiro atoms. The zero-order valence-electron chi connectivity index (χ0n) is 14.8. The van der Waals surface area contributed by atoms with E-state index in [1.165, 1.54) is 29.9 Å². The molecule has 1 N–H and O–H groups in total. The molecule has 0 unspecified atom stereocenters. The second kappa shape index (κ2) is 8.19. The number of carbonyl (C=O) groups is 1. The third-order valence-corrected chi connectivity index (χ3v) is 6.49. The lowest BCUT2D eigenvalue weighted by Crippen LogP contribution is -2.30. The van der Waals surface area contributed by atoms with E-state index in [9.17, 15) is 9.18 Å². The van der Waals surface area contributed by atoms with E-state index in [2.05, 4.69) is 15.2 Å². The fraction of sp³-hybridized carbons (Fsp3) is 0.300. The molecule has 0 bridgehead atoms. The number of piperidine rings is 1. The number of benzene rings is 1. The first kappa shape index (κ1) is 18.1. The minimum atomic E-state index is -0.348. The minimum absolute atomic E-state index is 0.178. The quantitative estimate of drug-likeness (QED) is 0.640. The van der Waals surface area contributed by atoms with Crippen LogP contribution in [-0.4, -0.2) is 24.0 Å². The van der Waals surface area contributed by atoms with Gasteiger partial charge in [-0.3, -0.25) is 4.79 Å². The number of carbonyl (C=O) groups excluding carboxylic acids is 1. The van der Waals surface area contributed by atoms with E-state index in [1.54, 1.807) is 17.4 Å².